The van der Waals surface area contributed by atoms with Crippen molar-refractivity contribution in [2.45, 2.75) is 44.6 Å². The number of pyridine rings is 1. The Morgan fingerprint density at radius 2 is 2.21 bits per heavy atom. The predicted octanol–water partition coefficient (Wildman–Crippen LogP) is 2.48. The van der Waals surface area contributed by atoms with Gasteiger partial charge in [-0.3, -0.25) is 10.1 Å². The molecular weight excluding hydrogens is 364 g/mol. The predicted molar refractivity (Wildman–Crippen MR) is 99.3 cm³/mol. The second-order valence-electron chi connectivity index (χ2n) is 7.12. The third-order valence-electron chi connectivity index (χ3n) is 5.21. The molecule has 0 spiro atoms. The van der Waals surface area contributed by atoms with Crippen LogP contribution in [0.25, 0.3) is 0 Å². The normalized spacial score (nSPS) is 19.5. The highest BCUT2D eigenvalue weighted by Crippen LogP contribution is 2.39. The fourth-order valence-corrected chi connectivity index (χ4v) is 3.79. The number of piperidine rings is 1. The van der Waals surface area contributed by atoms with Gasteiger partial charge in [0.05, 0.1) is 11.5 Å². The van der Waals surface area contributed by atoms with Gasteiger partial charge in [0.2, 0.25) is 5.82 Å². The van der Waals surface area contributed by atoms with Crippen LogP contribution >= 0.6 is 0 Å². The number of rotatable bonds is 6. The van der Waals surface area contributed by atoms with Crippen molar-refractivity contribution >= 4 is 17.5 Å². The Hall–Kier alpha value is -3.04. The Bertz CT molecular complexity index is 894. The van der Waals surface area contributed by atoms with Crippen LogP contribution in [0.2, 0.25) is 0 Å². The minimum atomic E-state index is -0.708. The number of carbonyl (C=O) groups is 1. The quantitative estimate of drug-likeness (QED) is 0.422. The smallest absolute Gasteiger partial charge is 0.345 e. The first-order valence-electron chi connectivity index (χ1n) is 9.55. The summed E-state index contributed by atoms with van der Waals surface area (Å²) in [4.78, 5) is 29.5. The molecule has 28 heavy (non-hydrogen) atoms. The molecule has 0 bridgehead atoms. The SMILES string of the molecule is CCOC(=O)c1ccnc(N2CCC[C@H](c3nncn3C3CC3)C2)c1[N+](=O)[O-]. The molecule has 0 aromatic carbocycles. The van der Waals surface area contributed by atoms with Crippen LogP contribution in [0.1, 0.15) is 60.7 Å². The van der Waals surface area contributed by atoms with E-state index < -0.39 is 10.9 Å². The van der Waals surface area contributed by atoms with Crippen molar-refractivity contribution in [3.8, 4) is 0 Å². The van der Waals surface area contributed by atoms with Crippen LogP contribution in [0, 0.1) is 10.1 Å². The van der Waals surface area contributed by atoms with E-state index in [2.05, 4.69) is 19.7 Å². The monoisotopic (exact) mass is 386 g/mol. The molecule has 3 heterocycles. The summed E-state index contributed by atoms with van der Waals surface area (Å²) in [5.41, 5.74) is -0.370. The van der Waals surface area contributed by atoms with Gasteiger partial charge in [0.25, 0.3) is 0 Å². The number of anilines is 1. The number of hydrogen-bond acceptors (Lipinski definition) is 8. The number of hydrogen-bond donors (Lipinski definition) is 0. The number of aromatic nitrogens is 4. The van der Waals surface area contributed by atoms with Crippen molar-refractivity contribution in [2.24, 2.45) is 0 Å². The number of ether oxygens (including phenoxy) is 1. The lowest BCUT2D eigenvalue weighted by Crippen LogP contribution is -2.36. The average molecular weight is 386 g/mol. The molecule has 2 fully saturated rings. The minimum Gasteiger partial charge on any atom is -0.462 e. The Morgan fingerprint density at radius 1 is 1.39 bits per heavy atom. The maximum Gasteiger partial charge on any atom is 0.345 e. The van der Waals surface area contributed by atoms with Gasteiger partial charge < -0.3 is 14.2 Å². The van der Waals surface area contributed by atoms with E-state index in [4.69, 9.17) is 4.74 Å². The third kappa shape index (κ3) is 3.41. The van der Waals surface area contributed by atoms with Crippen LogP contribution in [0.5, 0.6) is 0 Å². The van der Waals surface area contributed by atoms with Gasteiger partial charge in [0.15, 0.2) is 0 Å². The average Bonchev–Trinajstić information content (AvgIpc) is 3.43. The van der Waals surface area contributed by atoms with Gasteiger partial charge in [-0.25, -0.2) is 9.78 Å². The van der Waals surface area contributed by atoms with Crippen LogP contribution in [0.3, 0.4) is 0 Å². The van der Waals surface area contributed by atoms with Crippen LogP contribution in [-0.2, 0) is 4.74 Å². The molecule has 1 atom stereocenters. The summed E-state index contributed by atoms with van der Waals surface area (Å²) in [6.45, 7) is 2.99. The summed E-state index contributed by atoms with van der Waals surface area (Å²) in [5, 5.41) is 20.1. The molecule has 10 nitrogen and oxygen atoms in total. The molecule has 1 aliphatic heterocycles. The summed E-state index contributed by atoms with van der Waals surface area (Å²) >= 11 is 0. The van der Waals surface area contributed by atoms with Crippen molar-refractivity contribution in [1.29, 1.82) is 0 Å². The zero-order valence-corrected chi connectivity index (χ0v) is 15.7. The first-order valence-corrected chi connectivity index (χ1v) is 9.55. The van der Waals surface area contributed by atoms with E-state index in [0.29, 0.717) is 19.1 Å². The van der Waals surface area contributed by atoms with Crippen molar-refractivity contribution in [2.75, 3.05) is 24.6 Å². The van der Waals surface area contributed by atoms with E-state index in [9.17, 15) is 14.9 Å². The Kier molecular flexibility index (Phi) is 4.93. The largest absolute Gasteiger partial charge is 0.462 e. The van der Waals surface area contributed by atoms with Gasteiger partial charge in [-0.1, -0.05) is 0 Å². The van der Waals surface area contributed by atoms with Gasteiger partial charge in [0, 0.05) is 31.2 Å². The van der Waals surface area contributed by atoms with E-state index in [1.165, 1.54) is 12.3 Å². The maximum atomic E-state index is 12.2. The molecular formula is C18H22N6O4. The summed E-state index contributed by atoms with van der Waals surface area (Å²) in [6, 6.07) is 1.81. The van der Waals surface area contributed by atoms with E-state index in [1.807, 2.05) is 4.90 Å². The van der Waals surface area contributed by atoms with Gasteiger partial charge in [0.1, 0.15) is 17.7 Å². The lowest BCUT2D eigenvalue weighted by Gasteiger charge is -2.33. The Morgan fingerprint density at radius 3 is 2.93 bits per heavy atom. The van der Waals surface area contributed by atoms with Crippen molar-refractivity contribution in [1.82, 2.24) is 19.7 Å². The van der Waals surface area contributed by atoms with E-state index in [-0.39, 0.29) is 29.6 Å². The molecule has 0 N–H and O–H groups in total. The highest BCUT2D eigenvalue weighted by Gasteiger charge is 2.35. The zero-order valence-electron chi connectivity index (χ0n) is 15.7. The Labute approximate surface area is 161 Å². The molecule has 10 heteroatoms. The van der Waals surface area contributed by atoms with E-state index in [1.54, 1.807) is 13.3 Å². The molecule has 2 aliphatic rings. The first-order chi connectivity index (χ1) is 13.6. The molecule has 2 aromatic rings. The number of nitrogens with zero attached hydrogens (tertiary/aromatic N) is 6. The molecule has 1 aliphatic carbocycles. The topological polar surface area (TPSA) is 116 Å². The van der Waals surface area contributed by atoms with Crippen molar-refractivity contribution < 1.29 is 14.5 Å². The zero-order chi connectivity index (χ0) is 19.7. The second kappa shape index (κ2) is 7.53. The molecule has 0 radical (unpaired) electrons. The number of nitro groups is 1. The van der Waals surface area contributed by atoms with Crippen molar-refractivity contribution in [3.05, 3.63) is 40.1 Å². The summed E-state index contributed by atoms with van der Waals surface area (Å²) in [5.74, 6) is 0.540. The van der Waals surface area contributed by atoms with Gasteiger partial charge in [-0.05, 0) is 38.7 Å². The first kappa shape index (κ1) is 18.3. The molecule has 148 valence electrons. The Balaban J connectivity index is 1.64. The summed E-state index contributed by atoms with van der Waals surface area (Å²) in [7, 11) is 0. The number of carbonyl (C=O) groups excluding carboxylic acids is 1. The molecule has 4 rings (SSSR count). The van der Waals surface area contributed by atoms with Gasteiger partial charge in [-0.15, -0.1) is 10.2 Å². The fourth-order valence-electron chi connectivity index (χ4n) is 3.79. The highest BCUT2D eigenvalue weighted by atomic mass is 16.6. The summed E-state index contributed by atoms with van der Waals surface area (Å²) in [6.07, 6.45) is 7.25. The number of esters is 1. The lowest BCUT2D eigenvalue weighted by atomic mass is 9.96. The van der Waals surface area contributed by atoms with E-state index >= 15 is 0 Å². The fraction of sp³-hybridized carbons (Fsp3) is 0.556. The van der Waals surface area contributed by atoms with Crippen LogP contribution in [-0.4, -0.2) is 50.3 Å². The van der Waals surface area contributed by atoms with Crippen LogP contribution in [0.4, 0.5) is 11.5 Å². The van der Waals surface area contributed by atoms with E-state index in [0.717, 1.165) is 31.5 Å². The van der Waals surface area contributed by atoms with Crippen LogP contribution in [0.15, 0.2) is 18.6 Å². The summed E-state index contributed by atoms with van der Waals surface area (Å²) < 4.78 is 7.11. The van der Waals surface area contributed by atoms with Gasteiger partial charge >= 0.3 is 11.7 Å². The highest BCUT2D eigenvalue weighted by molar-refractivity contribution is 5.96. The molecule has 1 saturated carbocycles. The molecule has 2 aromatic heterocycles. The minimum absolute atomic E-state index is 0.0693. The molecule has 0 amide bonds. The molecule has 1 saturated heterocycles. The third-order valence-corrected chi connectivity index (χ3v) is 5.21. The standard InChI is InChI=1S/C18H22N6O4/c1-2-28-18(25)14-7-8-19-17(15(14)24(26)27)22-9-3-4-12(10-22)16-21-20-11-23(16)13-5-6-13/h7-8,11-13H,2-6,9-10H2,1H3/t12-/m0/s1. The lowest BCUT2D eigenvalue weighted by molar-refractivity contribution is -0.384. The van der Waals surface area contributed by atoms with Crippen molar-refractivity contribution in [3.63, 3.8) is 0 Å². The second-order valence-corrected chi connectivity index (χ2v) is 7.12. The molecule has 0 unspecified atom stereocenters. The maximum absolute atomic E-state index is 12.2. The van der Waals surface area contributed by atoms with Gasteiger partial charge in [-0.2, -0.15) is 0 Å². The van der Waals surface area contributed by atoms with Crippen LogP contribution < -0.4 is 4.90 Å².